The van der Waals surface area contributed by atoms with Crippen LogP contribution in [-0.2, 0) is 11.3 Å². The number of piperidine rings is 1. The Balaban J connectivity index is 1.70. The van der Waals surface area contributed by atoms with Gasteiger partial charge in [-0.1, -0.05) is 12.1 Å². The van der Waals surface area contributed by atoms with Gasteiger partial charge in [0.25, 0.3) is 5.91 Å². The molecule has 7 nitrogen and oxygen atoms in total. The zero-order chi connectivity index (χ0) is 20.1. The molecule has 0 radical (unpaired) electrons. The lowest BCUT2D eigenvalue weighted by Gasteiger charge is -2.34. The topological polar surface area (TPSA) is 84.4 Å². The first-order valence-electron chi connectivity index (χ1n) is 9.51. The van der Waals surface area contributed by atoms with E-state index in [0.29, 0.717) is 23.6 Å². The lowest BCUT2D eigenvalue weighted by atomic mass is 10.0. The minimum Gasteiger partial charge on any atom is -0.497 e. The number of hydrogen-bond acceptors (Lipinski definition) is 5. The summed E-state index contributed by atoms with van der Waals surface area (Å²) in [7, 11) is 1.61. The van der Waals surface area contributed by atoms with Crippen LogP contribution in [0, 0.1) is 6.92 Å². The summed E-state index contributed by atoms with van der Waals surface area (Å²) in [5.41, 5.74) is 2.00. The van der Waals surface area contributed by atoms with Gasteiger partial charge in [0, 0.05) is 26.2 Å². The number of aromatic nitrogens is 2. The molecule has 2 amide bonds. The summed E-state index contributed by atoms with van der Waals surface area (Å²) in [6.45, 7) is 4.49. The molecule has 1 aliphatic heterocycles. The summed E-state index contributed by atoms with van der Waals surface area (Å²) < 4.78 is 5.20. The predicted octanol–water partition coefficient (Wildman–Crippen LogP) is 2.80. The van der Waals surface area contributed by atoms with Crippen molar-refractivity contribution in [1.82, 2.24) is 20.2 Å². The van der Waals surface area contributed by atoms with Crippen LogP contribution in [0.5, 0.6) is 5.75 Å². The highest BCUT2D eigenvalue weighted by Crippen LogP contribution is 2.29. The third-order valence-corrected chi connectivity index (χ3v) is 5.04. The average molecular weight is 382 g/mol. The van der Waals surface area contributed by atoms with Crippen molar-refractivity contribution in [2.24, 2.45) is 0 Å². The van der Waals surface area contributed by atoms with E-state index in [0.717, 1.165) is 37.1 Å². The summed E-state index contributed by atoms with van der Waals surface area (Å²) in [5.74, 6) is 1.17. The van der Waals surface area contributed by atoms with Crippen molar-refractivity contribution in [1.29, 1.82) is 0 Å². The van der Waals surface area contributed by atoms with Crippen LogP contribution in [0.25, 0.3) is 0 Å². The quantitative estimate of drug-likeness (QED) is 0.860. The number of aryl methyl sites for hydroxylation is 1. The molecule has 148 valence electrons. The Morgan fingerprint density at radius 1 is 1.32 bits per heavy atom. The summed E-state index contributed by atoms with van der Waals surface area (Å²) in [6.07, 6.45) is 4.45. The third-order valence-electron chi connectivity index (χ3n) is 5.04. The summed E-state index contributed by atoms with van der Waals surface area (Å²) in [4.78, 5) is 35.3. The lowest BCUT2D eigenvalue weighted by Crippen LogP contribution is -2.38. The fourth-order valence-electron chi connectivity index (χ4n) is 3.51. The van der Waals surface area contributed by atoms with E-state index in [-0.39, 0.29) is 17.9 Å². The molecule has 0 aliphatic carbocycles. The lowest BCUT2D eigenvalue weighted by molar-refractivity contribution is -0.132. The van der Waals surface area contributed by atoms with Crippen molar-refractivity contribution in [3.63, 3.8) is 0 Å². The van der Waals surface area contributed by atoms with E-state index in [1.165, 1.54) is 0 Å². The number of rotatable bonds is 5. The Kier molecular flexibility index (Phi) is 6.23. The molecule has 1 aromatic carbocycles. The van der Waals surface area contributed by atoms with Crippen molar-refractivity contribution in [3.8, 4) is 5.75 Å². The van der Waals surface area contributed by atoms with Gasteiger partial charge in [-0.15, -0.1) is 0 Å². The first kappa shape index (κ1) is 19.8. The summed E-state index contributed by atoms with van der Waals surface area (Å²) in [5, 5.41) is 2.89. The molecule has 2 heterocycles. The second kappa shape index (κ2) is 8.82. The molecule has 0 spiro atoms. The van der Waals surface area contributed by atoms with E-state index in [9.17, 15) is 9.59 Å². The molecule has 0 unspecified atom stereocenters. The molecule has 1 aromatic heterocycles. The second-order valence-corrected chi connectivity index (χ2v) is 6.99. The second-order valence-electron chi connectivity index (χ2n) is 6.99. The van der Waals surface area contributed by atoms with E-state index < -0.39 is 0 Å². The van der Waals surface area contributed by atoms with Crippen molar-refractivity contribution < 1.29 is 14.3 Å². The number of hydrogen-bond donors (Lipinski definition) is 1. The number of benzene rings is 1. The normalized spacial score (nSPS) is 16.5. The zero-order valence-corrected chi connectivity index (χ0v) is 16.6. The van der Waals surface area contributed by atoms with Gasteiger partial charge in [0.1, 0.15) is 5.75 Å². The number of amides is 2. The number of likely N-dealkylation sites (tertiary alicyclic amines) is 1. The maximum atomic E-state index is 12.6. The number of nitrogens with one attached hydrogen (secondary N) is 1. The first-order chi connectivity index (χ1) is 13.5. The Morgan fingerprint density at radius 3 is 2.86 bits per heavy atom. The van der Waals surface area contributed by atoms with Crippen molar-refractivity contribution >= 4 is 11.8 Å². The zero-order valence-electron chi connectivity index (χ0n) is 16.6. The maximum absolute atomic E-state index is 12.6. The Bertz CT molecular complexity index is 868. The van der Waals surface area contributed by atoms with Crippen LogP contribution in [0.3, 0.4) is 0 Å². The van der Waals surface area contributed by atoms with E-state index in [4.69, 9.17) is 4.74 Å². The minimum atomic E-state index is -0.223. The van der Waals surface area contributed by atoms with E-state index in [1.54, 1.807) is 27.2 Å². The van der Waals surface area contributed by atoms with Gasteiger partial charge in [-0.25, -0.2) is 9.97 Å². The molecule has 7 heteroatoms. The molecular formula is C21H26N4O3. The standard InChI is InChI=1S/C21H26N4O3/c1-14-18(21(27)23-12-16-7-6-8-17(11-16)28-3)13-22-20(24-14)19-9-4-5-10-25(19)15(2)26/h6-8,11,13,19H,4-5,9-10,12H2,1-3H3,(H,23,27)/t19-/m1/s1. The molecule has 2 aromatic rings. The fourth-order valence-corrected chi connectivity index (χ4v) is 3.51. The van der Waals surface area contributed by atoms with Gasteiger partial charge in [0.05, 0.1) is 24.4 Å². The van der Waals surface area contributed by atoms with Crippen molar-refractivity contribution in [2.75, 3.05) is 13.7 Å². The van der Waals surface area contributed by atoms with Crippen LogP contribution in [0.15, 0.2) is 30.5 Å². The molecule has 1 N–H and O–H groups in total. The number of methoxy groups -OCH3 is 1. The fraction of sp³-hybridized carbons (Fsp3) is 0.429. The van der Waals surface area contributed by atoms with Crippen LogP contribution < -0.4 is 10.1 Å². The van der Waals surface area contributed by atoms with Gasteiger partial charge < -0.3 is 15.0 Å². The predicted molar refractivity (Wildman–Crippen MR) is 105 cm³/mol. The SMILES string of the molecule is COc1cccc(CNC(=O)c2cnc([C@H]3CCCCN3C(C)=O)nc2C)c1. The highest BCUT2D eigenvalue weighted by Gasteiger charge is 2.28. The Labute approximate surface area is 165 Å². The van der Waals surface area contributed by atoms with Crippen molar-refractivity contribution in [3.05, 3.63) is 53.1 Å². The van der Waals surface area contributed by atoms with Crippen molar-refractivity contribution in [2.45, 2.75) is 45.7 Å². The van der Waals surface area contributed by atoms with E-state index in [1.807, 2.05) is 29.2 Å². The van der Waals surface area contributed by atoms with Gasteiger partial charge >= 0.3 is 0 Å². The van der Waals surface area contributed by atoms with Crippen LogP contribution in [0.1, 0.15) is 59.7 Å². The molecule has 0 saturated carbocycles. The van der Waals surface area contributed by atoms with Crippen LogP contribution in [-0.4, -0.2) is 40.3 Å². The van der Waals surface area contributed by atoms with Crippen LogP contribution in [0.4, 0.5) is 0 Å². The third kappa shape index (κ3) is 4.47. The van der Waals surface area contributed by atoms with Gasteiger partial charge in [0.2, 0.25) is 5.91 Å². The smallest absolute Gasteiger partial charge is 0.254 e. The molecular weight excluding hydrogens is 356 g/mol. The van der Waals surface area contributed by atoms with Gasteiger partial charge in [-0.05, 0) is 43.9 Å². The average Bonchev–Trinajstić information content (AvgIpc) is 2.72. The largest absolute Gasteiger partial charge is 0.497 e. The molecule has 1 atom stereocenters. The summed E-state index contributed by atoms with van der Waals surface area (Å²) in [6, 6.07) is 7.44. The maximum Gasteiger partial charge on any atom is 0.254 e. The molecule has 0 bridgehead atoms. The first-order valence-corrected chi connectivity index (χ1v) is 9.51. The highest BCUT2D eigenvalue weighted by atomic mass is 16.5. The van der Waals surface area contributed by atoms with E-state index >= 15 is 0 Å². The summed E-state index contributed by atoms with van der Waals surface area (Å²) >= 11 is 0. The molecule has 1 fully saturated rings. The molecule has 28 heavy (non-hydrogen) atoms. The van der Waals surface area contributed by atoms with Gasteiger partial charge in [0.15, 0.2) is 5.82 Å². The number of carbonyl (C=O) groups excluding carboxylic acids is 2. The number of ether oxygens (including phenoxy) is 1. The minimum absolute atomic E-state index is 0.0334. The highest BCUT2D eigenvalue weighted by molar-refractivity contribution is 5.94. The van der Waals surface area contributed by atoms with Crippen LogP contribution >= 0.6 is 0 Å². The van der Waals surface area contributed by atoms with Gasteiger partial charge in [-0.3, -0.25) is 9.59 Å². The molecule has 3 rings (SSSR count). The Morgan fingerprint density at radius 2 is 2.14 bits per heavy atom. The monoisotopic (exact) mass is 382 g/mol. The Hall–Kier alpha value is -2.96. The number of carbonyl (C=O) groups is 2. The van der Waals surface area contributed by atoms with Gasteiger partial charge in [-0.2, -0.15) is 0 Å². The molecule has 1 saturated heterocycles. The number of nitrogens with zero attached hydrogens (tertiary/aromatic N) is 3. The van der Waals surface area contributed by atoms with Crippen LogP contribution in [0.2, 0.25) is 0 Å². The van der Waals surface area contributed by atoms with E-state index in [2.05, 4.69) is 15.3 Å². The molecule has 1 aliphatic rings.